The zero-order valence-corrected chi connectivity index (χ0v) is 21.8. The number of carbonyl (C=O) groups is 2. The number of hydrogen-bond acceptors (Lipinski definition) is 4. The molecule has 0 N–H and O–H groups in total. The fraction of sp³-hybridized carbons (Fsp3) is 0.500. The highest BCUT2D eigenvalue weighted by Gasteiger charge is 2.40. The van der Waals surface area contributed by atoms with Gasteiger partial charge in [0.2, 0.25) is 5.91 Å². The molecule has 2 aliphatic rings. The number of likely N-dealkylation sites (tertiary alicyclic amines) is 1. The number of piperidine rings is 1. The van der Waals surface area contributed by atoms with E-state index in [0.717, 1.165) is 55.9 Å². The Morgan fingerprint density at radius 1 is 0.914 bits per heavy atom. The molecule has 188 valence electrons. The first kappa shape index (κ1) is 25.5. The van der Waals surface area contributed by atoms with Crippen LogP contribution >= 0.6 is 11.6 Å². The van der Waals surface area contributed by atoms with Gasteiger partial charge in [-0.2, -0.15) is 0 Å². The molecule has 35 heavy (non-hydrogen) atoms. The van der Waals surface area contributed by atoms with Gasteiger partial charge in [0.15, 0.2) is 0 Å². The summed E-state index contributed by atoms with van der Waals surface area (Å²) in [5.74, 6) is 1.00. The van der Waals surface area contributed by atoms with Crippen molar-refractivity contribution in [2.45, 2.75) is 33.1 Å². The third-order valence-corrected chi connectivity index (χ3v) is 7.89. The second-order valence-electron chi connectivity index (χ2n) is 10.2. The number of nitrogens with zero attached hydrogens (tertiary/aromatic N) is 3. The maximum Gasteiger partial charge on any atom is 0.253 e. The highest BCUT2D eigenvalue weighted by molar-refractivity contribution is 6.31. The fourth-order valence-electron chi connectivity index (χ4n) is 4.87. The molecule has 2 amide bonds. The molecular formula is C28H36ClN3O3. The van der Waals surface area contributed by atoms with Crippen LogP contribution in [0.3, 0.4) is 0 Å². The van der Waals surface area contributed by atoms with Gasteiger partial charge < -0.3 is 19.4 Å². The van der Waals surface area contributed by atoms with Crippen LogP contribution in [0.5, 0.6) is 5.75 Å². The average Bonchev–Trinajstić information content (AvgIpc) is 2.86. The van der Waals surface area contributed by atoms with Crippen LogP contribution in [0.25, 0.3) is 0 Å². The number of benzene rings is 2. The van der Waals surface area contributed by atoms with E-state index < -0.39 is 0 Å². The predicted molar refractivity (Wildman–Crippen MR) is 139 cm³/mol. The van der Waals surface area contributed by atoms with Crippen LogP contribution in [0.2, 0.25) is 5.02 Å². The number of amides is 2. The number of carbonyl (C=O) groups excluding carboxylic acids is 2. The number of ether oxygens (including phenoxy) is 1. The predicted octanol–water partition coefficient (Wildman–Crippen LogP) is 4.42. The van der Waals surface area contributed by atoms with Gasteiger partial charge in [-0.15, -0.1) is 0 Å². The molecular weight excluding hydrogens is 462 g/mol. The van der Waals surface area contributed by atoms with Crippen LogP contribution in [0.15, 0.2) is 42.5 Å². The zero-order valence-electron chi connectivity index (χ0n) is 21.1. The summed E-state index contributed by atoms with van der Waals surface area (Å²) in [6.07, 6.45) is 1.91. The van der Waals surface area contributed by atoms with E-state index in [-0.39, 0.29) is 17.2 Å². The summed E-state index contributed by atoms with van der Waals surface area (Å²) in [5.41, 5.74) is 2.50. The summed E-state index contributed by atoms with van der Waals surface area (Å²) < 4.78 is 6.24. The lowest BCUT2D eigenvalue weighted by Crippen LogP contribution is -2.51. The highest BCUT2D eigenvalue weighted by atomic mass is 35.5. The minimum Gasteiger partial charge on any atom is -0.493 e. The second kappa shape index (κ2) is 11.0. The van der Waals surface area contributed by atoms with Gasteiger partial charge in [0.05, 0.1) is 6.61 Å². The first-order chi connectivity index (χ1) is 16.7. The van der Waals surface area contributed by atoms with Gasteiger partial charge in [-0.3, -0.25) is 9.59 Å². The molecule has 0 bridgehead atoms. The first-order valence-corrected chi connectivity index (χ1v) is 12.8. The van der Waals surface area contributed by atoms with Gasteiger partial charge in [-0.25, -0.2) is 0 Å². The van der Waals surface area contributed by atoms with Crippen molar-refractivity contribution in [2.24, 2.45) is 5.41 Å². The first-order valence-electron chi connectivity index (χ1n) is 12.5. The van der Waals surface area contributed by atoms with Crippen LogP contribution < -0.4 is 4.74 Å². The largest absolute Gasteiger partial charge is 0.493 e. The summed E-state index contributed by atoms with van der Waals surface area (Å²) in [4.78, 5) is 32.5. The van der Waals surface area contributed by atoms with Gasteiger partial charge >= 0.3 is 0 Å². The SMILES string of the molecule is Cc1ccc(C(=O)N2CCC(COc3ccc(Cl)c(C)c3)(CC(=O)N3CCN(C)CC3)CC2)cc1. The Kier molecular flexibility index (Phi) is 8.02. The summed E-state index contributed by atoms with van der Waals surface area (Å²) in [7, 11) is 2.09. The zero-order chi connectivity index (χ0) is 25.0. The summed E-state index contributed by atoms with van der Waals surface area (Å²) in [6, 6.07) is 13.4. The molecule has 4 rings (SSSR count). The molecule has 2 fully saturated rings. The van der Waals surface area contributed by atoms with E-state index >= 15 is 0 Å². The molecule has 2 saturated heterocycles. The van der Waals surface area contributed by atoms with E-state index in [2.05, 4.69) is 11.9 Å². The van der Waals surface area contributed by atoms with Crippen molar-refractivity contribution in [3.63, 3.8) is 0 Å². The molecule has 0 aliphatic carbocycles. The molecule has 2 aromatic rings. The van der Waals surface area contributed by atoms with Crippen molar-refractivity contribution >= 4 is 23.4 Å². The summed E-state index contributed by atoms with van der Waals surface area (Å²) >= 11 is 6.18. The molecule has 2 aromatic carbocycles. The molecule has 2 heterocycles. The third kappa shape index (κ3) is 6.36. The molecule has 0 unspecified atom stereocenters. The van der Waals surface area contributed by atoms with Crippen LogP contribution in [-0.4, -0.2) is 79.4 Å². The molecule has 0 radical (unpaired) electrons. The summed E-state index contributed by atoms with van der Waals surface area (Å²) in [6.45, 7) is 8.98. The molecule has 0 aromatic heterocycles. The summed E-state index contributed by atoms with van der Waals surface area (Å²) in [5, 5.41) is 0.709. The van der Waals surface area contributed by atoms with E-state index in [0.29, 0.717) is 36.7 Å². The topological polar surface area (TPSA) is 53.1 Å². The Balaban J connectivity index is 1.45. The van der Waals surface area contributed by atoms with Crippen LogP contribution in [0.4, 0.5) is 0 Å². The lowest BCUT2D eigenvalue weighted by atomic mass is 9.75. The van der Waals surface area contributed by atoms with E-state index in [4.69, 9.17) is 16.3 Å². The average molecular weight is 498 g/mol. The van der Waals surface area contributed by atoms with Crippen molar-refractivity contribution in [3.05, 3.63) is 64.2 Å². The van der Waals surface area contributed by atoms with Crippen LogP contribution in [0, 0.1) is 19.3 Å². The number of hydrogen-bond donors (Lipinski definition) is 0. The van der Waals surface area contributed by atoms with Crippen molar-refractivity contribution in [3.8, 4) is 5.75 Å². The van der Waals surface area contributed by atoms with E-state index in [1.165, 1.54) is 0 Å². The second-order valence-corrected chi connectivity index (χ2v) is 10.6. The monoisotopic (exact) mass is 497 g/mol. The van der Waals surface area contributed by atoms with Gasteiger partial charge in [-0.1, -0.05) is 29.3 Å². The lowest BCUT2D eigenvalue weighted by molar-refractivity contribution is -0.136. The Hall–Kier alpha value is -2.57. The van der Waals surface area contributed by atoms with E-state index in [1.807, 2.05) is 66.1 Å². The quantitative estimate of drug-likeness (QED) is 0.592. The molecule has 2 aliphatic heterocycles. The van der Waals surface area contributed by atoms with Gasteiger partial charge in [0.25, 0.3) is 5.91 Å². The van der Waals surface area contributed by atoms with Crippen molar-refractivity contribution in [2.75, 3.05) is 52.9 Å². The fourth-order valence-corrected chi connectivity index (χ4v) is 4.98. The van der Waals surface area contributed by atoms with Crippen LogP contribution in [0.1, 0.15) is 40.7 Å². The molecule has 6 nitrogen and oxygen atoms in total. The van der Waals surface area contributed by atoms with Crippen molar-refractivity contribution < 1.29 is 14.3 Å². The smallest absolute Gasteiger partial charge is 0.253 e. The Labute approximate surface area is 213 Å². The normalized spacial score (nSPS) is 18.4. The number of likely N-dealkylation sites (N-methyl/N-ethyl adjacent to an activating group) is 1. The minimum absolute atomic E-state index is 0.0539. The standard InChI is InChI=1S/C28H36ClN3O3/c1-21-4-6-23(7-5-21)27(34)32-12-10-28(11-13-32,19-26(33)31-16-14-30(3)15-17-31)20-35-24-8-9-25(29)22(2)18-24/h4-9,18H,10-17,19-20H2,1-3H3. The van der Waals surface area contributed by atoms with Gasteiger partial charge in [0.1, 0.15) is 5.75 Å². The minimum atomic E-state index is -0.308. The third-order valence-electron chi connectivity index (χ3n) is 7.47. The number of halogens is 1. The molecule has 0 spiro atoms. The lowest BCUT2D eigenvalue weighted by Gasteiger charge is -2.42. The van der Waals surface area contributed by atoms with Gasteiger partial charge in [-0.05, 0) is 69.6 Å². The maximum atomic E-state index is 13.3. The highest BCUT2D eigenvalue weighted by Crippen LogP contribution is 2.37. The van der Waals surface area contributed by atoms with E-state index in [9.17, 15) is 9.59 Å². The van der Waals surface area contributed by atoms with E-state index in [1.54, 1.807) is 0 Å². The number of piperazine rings is 1. The number of rotatable bonds is 6. The van der Waals surface area contributed by atoms with Crippen LogP contribution in [-0.2, 0) is 4.79 Å². The molecule has 0 saturated carbocycles. The number of aryl methyl sites for hydroxylation is 2. The van der Waals surface area contributed by atoms with Gasteiger partial charge in [0, 0.05) is 61.7 Å². The van der Waals surface area contributed by atoms with Crippen molar-refractivity contribution in [1.82, 2.24) is 14.7 Å². The maximum absolute atomic E-state index is 13.3. The molecule has 0 atom stereocenters. The Bertz CT molecular complexity index is 1040. The van der Waals surface area contributed by atoms with Crippen molar-refractivity contribution in [1.29, 1.82) is 0 Å². The molecule has 7 heteroatoms. The Morgan fingerprint density at radius 2 is 1.57 bits per heavy atom. The Morgan fingerprint density at radius 3 is 2.20 bits per heavy atom.